The number of pyridine rings is 1. The number of hydrogen-bond donors (Lipinski definition) is 1. The van der Waals surface area contributed by atoms with Gasteiger partial charge in [0, 0.05) is 18.6 Å². The molecule has 0 atom stereocenters. The summed E-state index contributed by atoms with van der Waals surface area (Å²) in [6.45, 7) is 1.86. The van der Waals surface area contributed by atoms with Gasteiger partial charge in [-0.05, 0) is 19.1 Å². The Morgan fingerprint density at radius 2 is 2.29 bits per heavy atom. The van der Waals surface area contributed by atoms with Crippen LogP contribution >= 0.6 is 11.6 Å². The molecule has 0 bridgehead atoms. The van der Waals surface area contributed by atoms with Gasteiger partial charge in [0.2, 0.25) is 5.91 Å². The lowest BCUT2D eigenvalue weighted by molar-refractivity contribution is -0.113. The second-order valence-electron chi connectivity index (χ2n) is 3.40. The molecule has 0 unspecified atom stereocenters. The Kier molecular flexibility index (Phi) is 3.39. The van der Waals surface area contributed by atoms with Crippen LogP contribution in [0.2, 0.25) is 0 Å². The Morgan fingerprint density at radius 1 is 1.47 bits per heavy atom. The van der Waals surface area contributed by atoms with E-state index in [1.165, 1.54) is 0 Å². The van der Waals surface area contributed by atoms with Crippen LogP contribution < -0.4 is 5.32 Å². The van der Waals surface area contributed by atoms with E-state index in [9.17, 15) is 4.79 Å². The van der Waals surface area contributed by atoms with Gasteiger partial charge in [-0.3, -0.25) is 9.36 Å². The number of aromatic nitrogens is 3. The van der Waals surface area contributed by atoms with E-state index in [0.717, 1.165) is 5.82 Å². The fraction of sp³-hybridized carbons (Fsp3) is 0.182. The molecule has 2 aromatic heterocycles. The van der Waals surface area contributed by atoms with Crippen molar-refractivity contribution in [3.63, 3.8) is 0 Å². The summed E-state index contributed by atoms with van der Waals surface area (Å²) in [5.41, 5.74) is 0.610. The van der Waals surface area contributed by atoms with E-state index in [1.807, 2.05) is 6.92 Å². The van der Waals surface area contributed by atoms with Crippen molar-refractivity contribution in [2.45, 2.75) is 6.92 Å². The molecule has 0 aliphatic rings. The molecular weight excluding hydrogens is 240 g/mol. The number of carbonyl (C=O) groups is 1. The third-order valence-corrected chi connectivity index (χ3v) is 2.48. The van der Waals surface area contributed by atoms with E-state index in [-0.39, 0.29) is 11.8 Å². The van der Waals surface area contributed by atoms with E-state index in [4.69, 9.17) is 11.6 Å². The average molecular weight is 251 g/mol. The summed E-state index contributed by atoms with van der Waals surface area (Å²) in [6.07, 6.45) is 5.12. The first-order valence-electron chi connectivity index (χ1n) is 5.03. The molecule has 1 N–H and O–H groups in total. The van der Waals surface area contributed by atoms with Crippen LogP contribution in [-0.2, 0) is 4.79 Å². The van der Waals surface area contributed by atoms with Crippen LogP contribution in [0.15, 0.2) is 30.7 Å². The summed E-state index contributed by atoms with van der Waals surface area (Å²) in [4.78, 5) is 19.6. The molecule has 6 heteroatoms. The molecule has 0 saturated heterocycles. The van der Waals surface area contributed by atoms with Gasteiger partial charge in [0.05, 0.1) is 5.69 Å². The van der Waals surface area contributed by atoms with Gasteiger partial charge in [-0.2, -0.15) is 0 Å². The number of imidazole rings is 1. The molecule has 0 spiro atoms. The number of hydrogen-bond acceptors (Lipinski definition) is 3. The Hall–Kier alpha value is -1.88. The molecule has 0 radical (unpaired) electrons. The minimum absolute atomic E-state index is 0.0861. The molecule has 0 fully saturated rings. The molecule has 0 aliphatic heterocycles. The third-order valence-electron chi connectivity index (χ3n) is 2.24. The summed E-state index contributed by atoms with van der Waals surface area (Å²) in [5, 5.41) is 2.69. The summed E-state index contributed by atoms with van der Waals surface area (Å²) < 4.78 is 1.80. The fourth-order valence-electron chi connectivity index (χ4n) is 1.47. The van der Waals surface area contributed by atoms with E-state index < -0.39 is 0 Å². The van der Waals surface area contributed by atoms with Gasteiger partial charge in [0.1, 0.15) is 11.7 Å². The van der Waals surface area contributed by atoms with Gasteiger partial charge in [-0.15, -0.1) is 11.6 Å². The number of amides is 1. The quantitative estimate of drug-likeness (QED) is 0.845. The Morgan fingerprint density at radius 3 is 2.94 bits per heavy atom. The van der Waals surface area contributed by atoms with Crippen LogP contribution in [0.4, 0.5) is 5.69 Å². The molecule has 88 valence electrons. The highest BCUT2D eigenvalue weighted by atomic mass is 35.5. The molecule has 17 heavy (non-hydrogen) atoms. The molecule has 2 rings (SSSR count). The van der Waals surface area contributed by atoms with Gasteiger partial charge in [0.15, 0.2) is 5.82 Å². The number of halogens is 1. The smallest absolute Gasteiger partial charge is 0.239 e. The maximum absolute atomic E-state index is 11.3. The number of aryl methyl sites for hydroxylation is 1. The van der Waals surface area contributed by atoms with Crippen molar-refractivity contribution in [3.8, 4) is 5.82 Å². The largest absolute Gasteiger partial charge is 0.322 e. The molecule has 2 aromatic rings. The molecular formula is C11H11ClN4O. The van der Waals surface area contributed by atoms with Crippen LogP contribution in [0.3, 0.4) is 0 Å². The highest BCUT2D eigenvalue weighted by molar-refractivity contribution is 6.29. The zero-order valence-corrected chi connectivity index (χ0v) is 9.98. The zero-order valence-electron chi connectivity index (χ0n) is 9.22. The highest BCUT2D eigenvalue weighted by Gasteiger charge is 2.09. The van der Waals surface area contributed by atoms with E-state index in [0.29, 0.717) is 11.5 Å². The van der Waals surface area contributed by atoms with Gasteiger partial charge in [-0.25, -0.2) is 9.97 Å². The van der Waals surface area contributed by atoms with Crippen LogP contribution in [-0.4, -0.2) is 26.3 Å². The first-order chi connectivity index (χ1) is 8.22. The number of carbonyl (C=O) groups excluding carboxylic acids is 1. The summed E-state index contributed by atoms with van der Waals surface area (Å²) in [6, 6.07) is 3.52. The second-order valence-corrected chi connectivity index (χ2v) is 3.67. The molecule has 2 heterocycles. The second kappa shape index (κ2) is 4.97. The molecule has 0 saturated carbocycles. The van der Waals surface area contributed by atoms with E-state index >= 15 is 0 Å². The van der Waals surface area contributed by atoms with Crippen LogP contribution in [0.25, 0.3) is 5.82 Å². The van der Waals surface area contributed by atoms with Gasteiger partial charge >= 0.3 is 0 Å². The number of rotatable bonds is 3. The van der Waals surface area contributed by atoms with E-state index in [1.54, 1.807) is 35.3 Å². The summed E-state index contributed by atoms with van der Waals surface area (Å²) in [5.74, 6) is 1.07. The topological polar surface area (TPSA) is 59.8 Å². The maximum Gasteiger partial charge on any atom is 0.239 e. The highest BCUT2D eigenvalue weighted by Crippen LogP contribution is 2.18. The SMILES string of the molecule is Cc1nccn1-c1ncccc1NC(=O)CCl. The van der Waals surface area contributed by atoms with Crippen LogP contribution in [0.1, 0.15) is 5.82 Å². The predicted octanol–water partition coefficient (Wildman–Crippen LogP) is 1.75. The van der Waals surface area contributed by atoms with Gasteiger partial charge < -0.3 is 5.32 Å². The Bertz CT molecular complexity index is 538. The molecule has 0 aromatic carbocycles. The van der Waals surface area contributed by atoms with Gasteiger partial charge in [-0.1, -0.05) is 0 Å². The van der Waals surface area contributed by atoms with Crippen LogP contribution in [0.5, 0.6) is 0 Å². The Balaban J connectivity index is 2.41. The minimum atomic E-state index is -0.265. The van der Waals surface area contributed by atoms with E-state index in [2.05, 4.69) is 15.3 Å². The number of alkyl halides is 1. The van der Waals surface area contributed by atoms with Crippen molar-refractivity contribution in [3.05, 3.63) is 36.5 Å². The number of nitrogens with zero attached hydrogens (tertiary/aromatic N) is 3. The lowest BCUT2D eigenvalue weighted by atomic mass is 10.3. The lowest BCUT2D eigenvalue weighted by Gasteiger charge is -2.10. The normalized spacial score (nSPS) is 10.2. The predicted molar refractivity (Wildman–Crippen MR) is 65.4 cm³/mol. The first-order valence-corrected chi connectivity index (χ1v) is 5.57. The fourth-order valence-corrected chi connectivity index (χ4v) is 1.54. The van der Waals surface area contributed by atoms with Crippen molar-refractivity contribution >= 4 is 23.2 Å². The van der Waals surface area contributed by atoms with Crippen molar-refractivity contribution in [2.75, 3.05) is 11.2 Å². The van der Waals surface area contributed by atoms with Gasteiger partial charge in [0.25, 0.3) is 0 Å². The minimum Gasteiger partial charge on any atom is -0.322 e. The standard InChI is InChI=1S/C11H11ClN4O/c1-8-13-5-6-16(8)11-9(3-2-4-14-11)15-10(17)7-12/h2-6H,7H2,1H3,(H,15,17). The summed E-state index contributed by atoms with van der Waals surface area (Å²) >= 11 is 5.46. The number of anilines is 1. The van der Waals surface area contributed by atoms with Crippen molar-refractivity contribution < 1.29 is 4.79 Å². The zero-order chi connectivity index (χ0) is 12.3. The monoisotopic (exact) mass is 250 g/mol. The van der Waals surface area contributed by atoms with Crippen LogP contribution in [0, 0.1) is 6.92 Å². The van der Waals surface area contributed by atoms with Crippen molar-refractivity contribution in [2.24, 2.45) is 0 Å². The summed E-state index contributed by atoms with van der Waals surface area (Å²) in [7, 11) is 0. The molecule has 5 nitrogen and oxygen atoms in total. The average Bonchev–Trinajstić information content (AvgIpc) is 2.76. The van der Waals surface area contributed by atoms with Crippen molar-refractivity contribution in [1.29, 1.82) is 0 Å². The first kappa shape index (κ1) is 11.6. The Labute approximate surface area is 103 Å². The lowest BCUT2D eigenvalue weighted by Crippen LogP contribution is -2.15. The van der Waals surface area contributed by atoms with Crippen molar-refractivity contribution in [1.82, 2.24) is 14.5 Å². The maximum atomic E-state index is 11.3. The molecule has 1 amide bonds. The third kappa shape index (κ3) is 2.45. The number of nitrogens with one attached hydrogen (secondary N) is 1. The molecule has 0 aliphatic carbocycles.